The van der Waals surface area contributed by atoms with Crippen LogP contribution in [0.15, 0.2) is 12.1 Å². The van der Waals surface area contributed by atoms with Crippen molar-refractivity contribution < 1.29 is 0 Å². The van der Waals surface area contributed by atoms with Gasteiger partial charge in [-0.3, -0.25) is 0 Å². The Balaban J connectivity index is 2.04. The Labute approximate surface area is 112 Å². The molecule has 96 valence electrons. The first-order valence-corrected chi connectivity index (χ1v) is 7.37. The van der Waals surface area contributed by atoms with E-state index in [0.29, 0.717) is 16.1 Å². The van der Waals surface area contributed by atoms with Crippen molar-refractivity contribution in [3.63, 3.8) is 0 Å². The van der Waals surface area contributed by atoms with E-state index in [1.54, 1.807) is 6.07 Å². The van der Waals surface area contributed by atoms with Gasteiger partial charge in [0.15, 0.2) is 5.69 Å². The van der Waals surface area contributed by atoms with E-state index in [-0.39, 0.29) is 0 Å². The first kappa shape index (κ1) is 13.0. The molecule has 18 heavy (non-hydrogen) atoms. The number of anilines is 2. The van der Waals surface area contributed by atoms with E-state index in [0.717, 1.165) is 12.4 Å². The monoisotopic (exact) mass is 262 g/mol. The zero-order chi connectivity index (χ0) is 13.0. The number of thioether (sulfide) groups is 1. The van der Waals surface area contributed by atoms with Crippen LogP contribution in [0.25, 0.3) is 0 Å². The van der Waals surface area contributed by atoms with Crippen molar-refractivity contribution in [3.8, 4) is 6.07 Å². The molecule has 0 unspecified atom stereocenters. The maximum Gasteiger partial charge on any atom is 0.165 e. The SMILES string of the molecule is CSC1(CNc2ccc(N)c(C#N)n2)CCCC1. The average molecular weight is 262 g/mol. The number of hydrogen-bond acceptors (Lipinski definition) is 5. The third kappa shape index (κ3) is 2.70. The quantitative estimate of drug-likeness (QED) is 0.872. The molecule has 0 bridgehead atoms. The summed E-state index contributed by atoms with van der Waals surface area (Å²) in [5.74, 6) is 0.737. The van der Waals surface area contributed by atoms with Gasteiger partial charge in [-0.25, -0.2) is 4.98 Å². The summed E-state index contributed by atoms with van der Waals surface area (Å²) in [5, 5.41) is 12.2. The second-order valence-corrected chi connectivity index (χ2v) is 5.97. The van der Waals surface area contributed by atoms with Gasteiger partial charge in [-0.1, -0.05) is 12.8 Å². The van der Waals surface area contributed by atoms with Crippen molar-refractivity contribution >= 4 is 23.3 Å². The first-order valence-electron chi connectivity index (χ1n) is 6.15. The lowest BCUT2D eigenvalue weighted by atomic mass is 10.1. The number of nitrogen functional groups attached to an aromatic ring is 1. The Kier molecular flexibility index (Phi) is 3.97. The van der Waals surface area contributed by atoms with Gasteiger partial charge in [-0.05, 0) is 31.2 Å². The van der Waals surface area contributed by atoms with Gasteiger partial charge in [0.2, 0.25) is 0 Å². The molecule has 1 aliphatic rings. The predicted octanol–water partition coefficient (Wildman–Crippen LogP) is 2.62. The van der Waals surface area contributed by atoms with E-state index in [2.05, 4.69) is 16.6 Å². The van der Waals surface area contributed by atoms with Gasteiger partial charge in [-0.15, -0.1) is 0 Å². The van der Waals surface area contributed by atoms with E-state index in [1.807, 2.05) is 23.9 Å². The molecule has 5 heteroatoms. The zero-order valence-corrected chi connectivity index (χ0v) is 11.4. The molecule has 0 radical (unpaired) electrons. The molecule has 1 aromatic rings. The van der Waals surface area contributed by atoms with E-state index >= 15 is 0 Å². The van der Waals surface area contributed by atoms with Crippen molar-refractivity contribution in [3.05, 3.63) is 17.8 Å². The molecule has 1 fully saturated rings. The highest BCUT2D eigenvalue weighted by molar-refractivity contribution is 8.00. The van der Waals surface area contributed by atoms with Crippen molar-refractivity contribution in [1.82, 2.24) is 4.98 Å². The van der Waals surface area contributed by atoms with Gasteiger partial charge in [0.1, 0.15) is 11.9 Å². The van der Waals surface area contributed by atoms with E-state index < -0.39 is 0 Å². The number of pyridine rings is 1. The van der Waals surface area contributed by atoms with Crippen LogP contribution in [-0.2, 0) is 0 Å². The van der Waals surface area contributed by atoms with E-state index in [1.165, 1.54) is 25.7 Å². The van der Waals surface area contributed by atoms with Crippen molar-refractivity contribution in [1.29, 1.82) is 5.26 Å². The maximum absolute atomic E-state index is 8.90. The lowest BCUT2D eigenvalue weighted by Crippen LogP contribution is -2.30. The number of hydrogen-bond donors (Lipinski definition) is 2. The van der Waals surface area contributed by atoms with Gasteiger partial charge in [0, 0.05) is 11.3 Å². The molecule has 1 aromatic heterocycles. The standard InChI is InChI=1S/C13H18N4S/c1-18-13(6-2-3-7-13)9-16-12-5-4-10(15)11(8-14)17-12/h4-5H,2-3,6-7,9,15H2,1H3,(H,16,17). The summed E-state index contributed by atoms with van der Waals surface area (Å²) in [4.78, 5) is 4.21. The van der Waals surface area contributed by atoms with Crippen LogP contribution >= 0.6 is 11.8 Å². The average Bonchev–Trinajstić information content (AvgIpc) is 2.87. The molecule has 1 aliphatic carbocycles. The van der Waals surface area contributed by atoms with Crippen molar-refractivity contribution in [2.24, 2.45) is 0 Å². The molecule has 0 spiro atoms. The molecule has 0 saturated heterocycles. The van der Waals surface area contributed by atoms with Gasteiger partial charge in [-0.2, -0.15) is 17.0 Å². The van der Waals surface area contributed by atoms with Crippen molar-refractivity contribution in [2.75, 3.05) is 23.9 Å². The summed E-state index contributed by atoms with van der Waals surface area (Å²) >= 11 is 1.93. The predicted molar refractivity (Wildman–Crippen MR) is 76.6 cm³/mol. The summed E-state index contributed by atoms with van der Waals surface area (Å²) in [7, 11) is 0. The maximum atomic E-state index is 8.90. The van der Waals surface area contributed by atoms with Gasteiger partial charge in [0.25, 0.3) is 0 Å². The van der Waals surface area contributed by atoms with Crippen LogP contribution in [0, 0.1) is 11.3 Å². The third-order valence-electron chi connectivity index (χ3n) is 3.57. The molecule has 1 heterocycles. The molecular formula is C13H18N4S. The summed E-state index contributed by atoms with van der Waals surface area (Å²) in [6.45, 7) is 0.899. The molecule has 4 nitrogen and oxygen atoms in total. The summed E-state index contributed by atoms with van der Waals surface area (Å²) in [5.41, 5.74) is 6.38. The minimum atomic E-state index is 0.296. The topological polar surface area (TPSA) is 74.7 Å². The number of nitrogens with zero attached hydrogens (tertiary/aromatic N) is 2. The van der Waals surface area contributed by atoms with E-state index in [4.69, 9.17) is 11.0 Å². The first-order chi connectivity index (χ1) is 8.69. The zero-order valence-electron chi connectivity index (χ0n) is 10.6. The van der Waals surface area contributed by atoms with Crippen LogP contribution < -0.4 is 11.1 Å². The van der Waals surface area contributed by atoms with Crippen LogP contribution in [0.1, 0.15) is 31.4 Å². The number of nitrogens with two attached hydrogens (primary N) is 1. The second kappa shape index (κ2) is 5.49. The van der Waals surface area contributed by atoms with Gasteiger partial charge in [0.05, 0.1) is 5.69 Å². The Morgan fingerprint density at radius 3 is 2.83 bits per heavy atom. The Hall–Kier alpha value is -1.41. The minimum Gasteiger partial charge on any atom is -0.396 e. The largest absolute Gasteiger partial charge is 0.396 e. The highest BCUT2D eigenvalue weighted by atomic mass is 32.2. The molecule has 1 saturated carbocycles. The highest BCUT2D eigenvalue weighted by Gasteiger charge is 2.32. The summed E-state index contributed by atoms with van der Waals surface area (Å²) in [6, 6.07) is 5.57. The second-order valence-electron chi connectivity index (χ2n) is 4.69. The molecular weight excluding hydrogens is 244 g/mol. The van der Waals surface area contributed by atoms with E-state index in [9.17, 15) is 0 Å². The summed E-state index contributed by atoms with van der Waals surface area (Å²) < 4.78 is 0.329. The number of nitrogens with one attached hydrogen (secondary N) is 1. The normalized spacial score (nSPS) is 17.3. The van der Waals surface area contributed by atoms with Crippen molar-refractivity contribution in [2.45, 2.75) is 30.4 Å². The summed E-state index contributed by atoms with van der Waals surface area (Å²) in [6.07, 6.45) is 7.29. The Morgan fingerprint density at radius 2 is 2.22 bits per heavy atom. The van der Waals surface area contributed by atoms with Crippen LogP contribution in [0.3, 0.4) is 0 Å². The van der Waals surface area contributed by atoms with Crippen LogP contribution in [0.2, 0.25) is 0 Å². The Bertz CT molecular complexity index is 461. The fourth-order valence-corrected chi connectivity index (χ4v) is 3.30. The molecule has 2 rings (SSSR count). The molecule has 0 atom stereocenters. The molecule has 0 amide bonds. The smallest absolute Gasteiger partial charge is 0.165 e. The number of nitriles is 1. The lowest BCUT2D eigenvalue weighted by molar-refractivity contribution is 0.638. The fraction of sp³-hybridized carbons (Fsp3) is 0.538. The number of rotatable bonds is 4. The van der Waals surface area contributed by atoms with Crippen LogP contribution in [0.5, 0.6) is 0 Å². The molecule has 0 aliphatic heterocycles. The number of aromatic nitrogens is 1. The third-order valence-corrected chi connectivity index (χ3v) is 4.99. The fourth-order valence-electron chi connectivity index (χ4n) is 2.38. The van der Waals surface area contributed by atoms with Gasteiger partial charge >= 0.3 is 0 Å². The van der Waals surface area contributed by atoms with Crippen LogP contribution in [0.4, 0.5) is 11.5 Å². The van der Waals surface area contributed by atoms with Crippen LogP contribution in [-0.4, -0.2) is 22.5 Å². The Morgan fingerprint density at radius 1 is 1.50 bits per heavy atom. The highest BCUT2D eigenvalue weighted by Crippen LogP contribution is 2.40. The molecule has 3 N–H and O–H groups in total. The minimum absolute atomic E-state index is 0.296. The molecule has 0 aromatic carbocycles. The lowest BCUT2D eigenvalue weighted by Gasteiger charge is -2.27. The van der Waals surface area contributed by atoms with Gasteiger partial charge < -0.3 is 11.1 Å².